The predicted molar refractivity (Wildman–Crippen MR) is 75.5 cm³/mol. The fourth-order valence-corrected chi connectivity index (χ4v) is 1.97. The van der Waals surface area contributed by atoms with Crippen LogP contribution in [0, 0.1) is 6.92 Å². The molecule has 0 unspecified atom stereocenters. The summed E-state index contributed by atoms with van der Waals surface area (Å²) in [6, 6.07) is 5.53. The third-order valence-corrected chi connectivity index (χ3v) is 3.18. The Labute approximate surface area is 117 Å². The Morgan fingerprint density at radius 3 is 2.95 bits per heavy atom. The summed E-state index contributed by atoms with van der Waals surface area (Å²) < 4.78 is 1.84. The number of nitrogens with one attached hydrogen (secondary N) is 1. The Morgan fingerprint density at radius 2 is 2.26 bits per heavy atom. The van der Waals surface area contributed by atoms with Gasteiger partial charge in [-0.1, -0.05) is 6.07 Å². The largest absolute Gasteiger partial charge is 0.352 e. The number of hydrogen-bond donors (Lipinski definition) is 2. The molecule has 1 aromatic heterocycles. The summed E-state index contributed by atoms with van der Waals surface area (Å²) in [6.45, 7) is 2.44. The third kappa shape index (κ3) is 3.35. The van der Waals surface area contributed by atoms with Crippen LogP contribution in [0.1, 0.15) is 21.7 Å². The molecule has 19 heavy (non-hydrogen) atoms. The Kier molecular flexibility index (Phi) is 4.21. The van der Waals surface area contributed by atoms with Crippen molar-refractivity contribution in [1.29, 1.82) is 0 Å². The van der Waals surface area contributed by atoms with Gasteiger partial charge < -0.3 is 9.88 Å². The molecule has 0 radical (unpaired) electrons. The average Bonchev–Trinajstić information content (AvgIpc) is 2.78. The highest BCUT2D eigenvalue weighted by atomic mass is 32.1. The summed E-state index contributed by atoms with van der Waals surface area (Å²) in [6.07, 6.45) is 2.30. The molecule has 0 fully saturated rings. The van der Waals surface area contributed by atoms with Crippen LogP contribution in [0.5, 0.6) is 0 Å². The summed E-state index contributed by atoms with van der Waals surface area (Å²) in [5.74, 6) is 0.760. The van der Waals surface area contributed by atoms with Crippen molar-refractivity contribution < 1.29 is 4.79 Å². The van der Waals surface area contributed by atoms with Crippen molar-refractivity contribution in [2.24, 2.45) is 7.05 Å². The van der Waals surface area contributed by atoms with Crippen LogP contribution in [0.25, 0.3) is 0 Å². The van der Waals surface area contributed by atoms with Gasteiger partial charge in [0.2, 0.25) is 0 Å². The highest BCUT2D eigenvalue weighted by Gasteiger charge is 2.09. The number of benzene rings is 1. The second-order valence-corrected chi connectivity index (χ2v) is 4.88. The standard InChI is InChI=1S/C13H16N4OS/c1-9-3-4-10(19)7-11(9)13(18)14-6-5-12-16-15-8-17(12)2/h3-4,7-8,19H,5-6H2,1-2H3,(H,14,18). The molecule has 1 heterocycles. The Hall–Kier alpha value is -1.82. The molecule has 0 aliphatic carbocycles. The molecule has 5 nitrogen and oxygen atoms in total. The minimum atomic E-state index is -0.0874. The number of aryl methyl sites for hydroxylation is 2. The molecule has 0 atom stereocenters. The Bertz CT molecular complexity index is 594. The summed E-state index contributed by atoms with van der Waals surface area (Å²) in [7, 11) is 1.88. The fourth-order valence-electron chi connectivity index (χ4n) is 1.77. The van der Waals surface area contributed by atoms with Crippen molar-refractivity contribution in [3.63, 3.8) is 0 Å². The Balaban J connectivity index is 1.94. The summed E-state index contributed by atoms with van der Waals surface area (Å²) >= 11 is 4.25. The monoisotopic (exact) mass is 276 g/mol. The quantitative estimate of drug-likeness (QED) is 0.830. The summed E-state index contributed by atoms with van der Waals surface area (Å²) in [5, 5.41) is 10.6. The van der Waals surface area contributed by atoms with Gasteiger partial charge in [0.25, 0.3) is 5.91 Å². The first-order valence-electron chi connectivity index (χ1n) is 5.98. The van der Waals surface area contributed by atoms with Gasteiger partial charge in [-0.2, -0.15) is 0 Å². The molecule has 0 bridgehead atoms. The second kappa shape index (κ2) is 5.88. The molecule has 0 aliphatic rings. The van der Waals surface area contributed by atoms with Gasteiger partial charge in [-0.05, 0) is 24.6 Å². The lowest BCUT2D eigenvalue weighted by atomic mass is 10.1. The van der Waals surface area contributed by atoms with E-state index in [4.69, 9.17) is 0 Å². The highest BCUT2D eigenvalue weighted by Crippen LogP contribution is 2.13. The maximum atomic E-state index is 12.0. The average molecular weight is 276 g/mol. The molecule has 1 aromatic carbocycles. The molecule has 6 heteroatoms. The first-order valence-corrected chi connectivity index (χ1v) is 6.43. The number of carbonyl (C=O) groups is 1. The zero-order valence-corrected chi connectivity index (χ0v) is 11.8. The van der Waals surface area contributed by atoms with Gasteiger partial charge in [0.1, 0.15) is 12.2 Å². The van der Waals surface area contributed by atoms with Crippen LogP contribution in [0.15, 0.2) is 29.4 Å². The topological polar surface area (TPSA) is 59.8 Å². The minimum absolute atomic E-state index is 0.0874. The van der Waals surface area contributed by atoms with E-state index in [2.05, 4.69) is 28.1 Å². The number of aromatic nitrogens is 3. The van der Waals surface area contributed by atoms with Gasteiger partial charge in [-0.15, -0.1) is 22.8 Å². The van der Waals surface area contributed by atoms with E-state index in [0.717, 1.165) is 16.3 Å². The van der Waals surface area contributed by atoms with Gasteiger partial charge in [-0.25, -0.2) is 0 Å². The zero-order chi connectivity index (χ0) is 13.8. The van der Waals surface area contributed by atoms with E-state index in [-0.39, 0.29) is 5.91 Å². The normalized spacial score (nSPS) is 10.5. The molecule has 100 valence electrons. The molecule has 2 rings (SSSR count). The third-order valence-electron chi connectivity index (χ3n) is 2.91. The lowest BCUT2D eigenvalue weighted by Crippen LogP contribution is -2.27. The van der Waals surface area contributed by atoms with E-state index in [1.165, 1.54) is 0 Å². The zero-order valence-electron chi connectivity index (χ0n) is 10.9. The molecule has 0 saturated carbocycles. The first-order chi connectivity index (χ1) is 9.08. The van der Waals surface area contributed by atoms with Crippen molar-refractivity contribution in [2.75, 3.05) is 6.54 Å². The molecular weight excluding hydrogens is 260 g/mol. The van der Waals surface area contributed by atoms with Crippen LogP contribution in [0.2, 0.25) is 0 Å². The van der Waals surface area contributed by atoms with Crippen LogP contribution in [-0.4, -0.2) is 27.2 Å². The number of thiol groups is 1. The van der Waals surface area contributed by atoms with E-state index >= 15 is 0 Å². The van der Waals surface area contributed by atoms with E-state index in [1.54, 1.807) is 12.4 Å². The maximum absolute atomic E-state index is 12.0. The molecule has 0 aliphatic heterocycles. The SMILES string of the molecule is Cc1ccc(S)cc1C(=O)NCCc1nncn1C. The maximum Gasteiger partial charge on any atom is 0.251 e. The minimum Gasteiger partial charge on any atom is -0.352 e. The van der Waals surface area contributed by atoms with Crippen molar-refractivity contribution in [3.8, 4) is 0 Å². The molecule has 0 spiro atoms. The Morgan fingerprint density at radius 1 is 1.47 bits per heavy atom. The van der Waals surface area contributed by atoms with Gasteiger partial charge in [0, 0.05) is 30.5 Å². The molecule has 2 aromatic rings. The number of hydrogen-bond acceptors (Lipinski definition) is 4. The molecule has 1 amide bonds. The van der Waals surface area contributed by atoms with E-state index in [9.17, 15) is 4.79 Å². The number of carbonyl (C=O) groups excluding carboxylic acids is 1. The van der Waals surface area contributed by atoms with Crippen molar-refractivity contribution in [2.45, 2.75) is 18.2 Å². The van der Waals surface area contributed by atoms with Crippen LogP contribution in [-0.2, 0) is 13.5 Å². The number of amides is 1. The number of nitrogens with zero attached hydrogens (tertiary/aromatic N) is 3. The van der Waals surface area contributed by atoms with Crippen molar-refractivity contribution in [3.05, 3.63) is 41.5 Å². The first kappa shape index (κ1) is 13.6. The van der Waals surface area contributed by atoms with Crippen molar-refractivity contribution >= 4 is 18.5 Å². The smallest absolute Gasteiger partial charge is 0.251 e. The lowest BCUT2D eigenvalue weighted by Gasteiger charge is -2.08. The lowest BCUT2D eigenvalue weighted by molar-refractivity contribution is 0.0953. The van der Waals surface area contributed by atoms with Crippen LogP contribution >= 0.6 is 12.6 Å². The van der Waals surface area contributed by atoms with E-state index < -0.39 is 0 Å². The highest BCUT2D eigenvalue weighted by molar-refractivity contribution is 7.80. The van der Waals surface area contributed by atoms with Crippen LogP contribution in [0.3, 0.4) is 0 Å². The molecular formula is C13H16N4OS. The summed E-state index contributed by atoms with van der Waals surface area (Å²) in [5.41, 5.74) is 1.60. The van der Waals surface area contributed by atoms with E-state index in [1.807, 2.05) is 30.7 Å². The number of rotatable bonds is 4. The van der Waals surface area contributed by atoms with Gasteiger partial charge in [0.15, 0.2) is 0 Å². The predicted octanol–water partition coefficient (Wildman–Crippen LogP) is 1.38. The van der Waals surface area contributed by atoms with Crippen LogP contribution < -0.4 is 5.32 Å². The van der Waals surface area contributed by atoms with Gasteiger partial charge in [-0.3, -0.25) is 4.79 Å². The fraction of sp³-hybridized carbons (Fsp3) is 0.308. The van der Waals surface area contributed by atoms with Crippen molar-refractivity contribution in [1.82, 2.24) is 20.1 Å². The summed E-state index contributed by atoms with van der Waals surface area (Å²) in [4.78, 5) is 12.8. The van der Waals surface area contributed by atoms with Gasteiger partial charge >= 0.3 is 0 Å². The van der Waals surface area contributed by atoms with E-state index in [0.29, 0.717) is 18.5 Å². The molecule has 0 saturated heterocycles. The molecule has 1 N–H and O–H groups in total. The van der Waals surface area contributed by atoms with Crippen LogP contribution in [0.4, 0.5) is 0 Å². The van der Waals surface area contributed by atoms with Gasteiger partial charge in [0.05, 0.1) is 0 Å². The second-order valence-electron chi connectivity index (χ2n) is 4.36.